The van der Waals surface area contributed by atoms with Crippen LogP contribution in [0.15, 0.2) is 52.3 Å². The standard InChI is InChI=1S/C23H28ClN3OS/c1-25-16-18-15-17(3-10-22(18)29-21-8-4-19(24)5-9-21)23(28)27-12-2-11-26(13-14-27)20-6-7-20/h3-5,8-10,15,20,25H,2,6-7,11-14,16H2,1H3. The van der Waals surface area contributed by atoms with Crippen molar-refractivity contribution in [1.29, 1.82) is 0 Å². The lowest BCUT2D eigenvalue weighted by atomic mass is 10.1. The Labute approximate surface area is 182 Å². The SMILES string of the molecule is CNCc1cc(C(=O)N2CCCN(C3CC3)CC2)ccc1Sc1ccc(Cl)cc1. The van der Waals surface area contributed by atoms with Crippen molar-refractivity contribution in [2.75, 3.05) is 33.2 Å². The van der Waals surface area contributed by atoms with Crippen LogP contribution in [0.2, 0.25) is 5.02 Å². The summed E-state index contributed by atoms with van der Waals surface area (Å²) >= 11 is 7.70. The fourth-order valence-electron chi connectivity index (χ4n) is 3.90. The van der Waals surface area contributed by atoms with E-state index in [2.05, 4.69) is 22.3 Å². The quantitative estimate of drug-likeness (QED) is 0.732. The Bertz CT molecular complexity index is 854. The molecule has 0 bridgehead atoms. The summed E-state index contributed by atoms with van der Waals surface area (Å²) in [5, 5.41) is 3.97. The van der Waals surface area contributed by atoms with Crippen molar-refractivity contribution in [3.05, 3.63) is 58.6 Å². The van der Waals surface area contributed by atoms with Crippen LogP contribution in [0, 0.1) is 0 Å². The number of nitrogens with one attached hydrogen (secondary N) is 1. The maximum atomic E-state index is 13.2. The lowest BCUT2D eigenvalue weighted by molar-refractivity contribution is 0.0760. The van der Waals surface area contributed by atoms with Gasteiger partial charge in [-0.15, -0.1) is 0 Å². The van der Waals surface area contributed by atoms with Crippen LogP contribution in [0.4, 0.5) is 0 Å². The Morgan fingerprint density at radius 2 is 1.90 bits per heavy atom. The van der Waals surface area contributed by atoms with E-state index in [1.165, 1.54) is 12.8 Å². The van der Waals surface area contributed by atoms with Crippen molar-refractivity contribution < 1.29 is 4.79 Å². The third kappa shape index (κ3) is 5.34. The minimum atomic E-state index is 0.156. The van der Waals surface area contributed by atoms with Gasteiger partial charge in [-0.1, -0.05) is 23.4 Å². The van der Waals surface area contributed by atoms with E-state index in [0.717, 1.165) is 71.1 Å². The van der Waals surface area contributed by atoms with E-state index >= 15 is 0 Å². The molecule has 154 valence electrons. The van der Waals surface area contributed by atoms with Gasteiger partial charge in [0.2, 0.25) is 0 Å². The molecule has 1 saturated heterocycles. The highest BCUT2D eigenvalue weighted by molar-refractivity contribution is 7.99. The molecule has 0 aromatic heterocycles. The molecule has 2 aliphatic rings. The first-order valence-electron chi connectivity index (χ1n) is 10.4. The van der Waals surface area contributed by atoms with E-state index < -0.39 is 0 Å². The van der Waals surface area contributed by atoms with Crippen LogP contribution < -0.4 is 5.32 Å². The highest BCUT2D eigenvalue weighted by Crippen LogP contribution is 2.32. The number of carbonyl (C=O) groups excluding carboxylic acids is 1. The number of benzene rings is 2. The Balaban J connectivity index is 1.48. The lowest BCUT2D eigenvalue weighted by Crippen LogP contribution is -2.35. The van der Waals surface area contributed by atoms with E-state index in [1.807, 2.05) is 42.3 Å². The number of hydrogen-bond acceptors (Lipinski definition) is 4. The van der Waals surface area contributed by atoms with Gasteiger partial charge in [-0.2, -0.15) is 0 Å². The van der Waals surface area contributed by atoms with Gasteiger partial charge in [0.25, 0.3) is 5.91 Å². The second kappa shape index (κ2) is 9.52. The van der Waals surface area contributed by atoms with Crippen molar-refractivity contribution in [2.24, 2.45) is 0 Å². The molecule has 6 heteroatoms. The Morgan fingerprint density at radius 1 is 1.10 bits per heavy atom. The van der Waals surface area contributed by atoms with Crippen molar-refractivity contribution in [3.63, 3.8) is 0 Å². The molecule has 1 saturated carbocycles. The van der Waals surface area contributed by atoms with Gasteiger partial charge in [0, 0.05) is 59.1 Å². The molecular formula is C23H28ClN3OS. The molecule has 1 N–H and O–H groups in total. The van der Waals surface area contributed by atoms with Crippen LogP contribution in [0.5, 0.6) is 0 Å². The molecule has 2 fully saturated rings. The van der Waals surface area contributed by atoms with Gasteiger partial charge < -0.3 is 10.2 Å². The fourth-order valence-corrected chi connectivity index (χ4v) is 4.95. The summed E-state index contributed by atoms with van der Waals surface area (Å²) < 4.78 is 0. The van der Waals surface area contributed by atoms with Crippen LogP contribution >= 0.6 is 23.4 Å². The number of hydrogen-bond donors (Lipinski definition) is 1. The predicted octanol–water partition coefficient (Wildman–Crippen LogP) is 4.52. The maximum absolute atomic E-state index is 13.2. The van der Waals surface area contributed by atoms with Crippen molar-refractivity contribution in [2.45, 2.75) is 41.6 Å². The first kappa shape index (κ1) is 20.7. The predicted molar refractivity (Wildman–Crippen MR) is 120 cm³/mol. The molecule has 2 aromatic rings. The van der Waals surface area contributed by atoms with Crippen LogP contribution in [0.1, 0.15) is 35.2 Å². The number of carbonyl (C=O) groups is 1. The molecule has 1 aliphatic heterocycles. The molecule has 4 nitrogen and oxygen atoms in total. The van der Waals surface area contributed by atoms with Gasteiger partial charge in [-0.05, 0) is 74.3 Å². The average molecular weight is 430 g/mol. The van der Waals surface area contributed by atoms with E-state index in [0.29, 0.717) is 0 Å². The summed E-state index contributed by atoms with van der Waals surface area (Å²) in [5.74, 6) is 0.156. The zero-order valence-corrected chi connectivity index (χ0v) is 18.4. The second-order valence-corrected chi connectivity index (χ2v) is 9.37. The molecule has 29 heavy (non-hydrogen) atoms. The van der Waals surface area contributed by atoms with Crippen LogP contribution in [0.3, 0.4) is 0 Å². The monoisotopic (exact) mass is 429 g/mol. The Kier molecular flexibility index (Phi) is 6.81. The smallest absolute Gasteiger partial charge is 0.253 e. The molecule has 1 amide bonds. The van der Waals surface area contributed by atoms with Gasteiger partial charge in [0.1, 0.15) is 0 Å². The molecule has 1 heterocycles. The summed E-state index contributed by atoms with van der Waals surface area (Å²) in [6, 6.07) is 14.7. The molecule has 4 rings (SSSR count). The van der Waals surface area contributed by atoms with Gasteiger partial charge in [0.05, 0.1) is 0 Å². The van der Waals surface area contributed by atoms with Gasteiger partial charge in [-0.3, -0.25) is 9.69 Å². The molecule has 1 aliphatic carbocycles. The van der Waals surface area contributed by atoms with Crippen molar-refractivity contribution >= 4 is 29.3 Å². The summed E-state index contributed by atoms with van der Waals surface area (Å²) in [5.41, 5.74) is 1.93. The largest absolute Gasteiger partial charge is 0.337 e. The molecule has 0 spiro atoms. The fraction of sp³-hybridized carbons (Fsp3) is 0.435. The van der Waals surface area contributed by atoms with E-state index in [-0.39, 0.29) is 5.91 Å². The molecular weight excluding hydrogens is 402 g/mol. The summed E-state index contributed by atoms with van der Waals surface area (Å²) in [7, 11) is 1.94. The molecule has 0 unspecified atom stereocenters. The van der Waals surface area contributed by atoms with Gasteiger partial charge in [0.15, 0.2) is 0 Å². The van der Waals surface area contributed by atoms with Crippen LogP contribution in [-0.2, 0) is 6.54 Å². The highest BCUT2D eigenvalue weighted by atomic mass is 35.5. The van der Waals surface area contributed by atoms with E-state index in [9.17, 15) is 4.79 Å². The molecule has 0 radical (unpaired) electrons. The second-order valence-electron chi connectivity index (χ2n) is 7.82. The van der Waals surface area contributed by atoms with E-state index in [1.54, 1.807) is 11.8 Å². The minimum Gasteiger partial charge on any atom is -0.337 e. The number of rotatable bonds is 6. The highest BCUT2D eigenvalue weighted by Gasteiger charge is 2.31. The minimum absolute atomic E-state index is 0.156. The maximum Gasteiger partial charge on any atom is 0.253 e. The number of halogens is 1. The summed E-state index contributed by atoms with van der Waals surface area (Å²) in [6.45, 7) is 4.54. The topological polar surface area (TPSA) is 35.6 Å². The zero-order chi connectivity index (χ0) is 20.2. The lowest BCUT2D eigenvalue weighted by Gasteiger charge is -2.22. The average Bonchev–Trinajstić information content (AvgIpc) is 3.57. The Hall–Kier alpha value is -1.53. The normalized spacial score (nSPS) is 17.9. The van der Waals surface area contributed by atoms with Crippen LogP contribution in [-0.4, -0.2) is 55.0 Å². The van der Waals surface area contributed by atoms with E-state index in [4.69, 9.17) is 11.6 Å². The zero-order valence-electron chi connectivity index (χ0n) is 16.9. The third-order valence-corrected chi connectivity index (χ3v) is 6.98. The van der Waals surface area contributed by atoms with Crippen LogP contribution in [0.25, 0.3) is 0 Å². The molecule has 0 atom stereocenters. The van der Waals surface area contributed by atoms with Crippen molar-refractivity contribution in [3.8, 4) is 0 Å². The number of nitrogens with zero attached hydrogens (tertiary/aromatic N) is 2. The van der Waals surface area contributed by atoms with Gasteiger partial charge >= 0.3 is 0 Å². The third-order valence-electron chi connectivity index (χ3n) is 5.60. The first-order chi connectivity index (χ1) is 14.1. The first-order valence-corrected chi connectivity index (χ1v) is 11.6. The summed E-state index contributed by atoms with van der Waals surface area (Å²) in [6.07, 6.45) is 3.72. The molecule has 2 aromatic carbocycles. The van der Waals surface area contributed by atoms with Crippen molar-refractivity contribution in [1.82, 2.24) is 15.1 Å². The van der Waals surface area contributed by atoms with Gasteiger partial charge in [-0.25, -0.2) is 0 Å². The summed E-state index contributed by atoms with van der Waals surface area (Å²) in [4.78, 5) is 20.1. The Morgan fingerprint density at radius 3 is 2.62 bits per heavy atom. The number of amides is 1.